The van der Waals surface area contributed by atoms with Crippen LogP contribution in [0.1, 0.15) is 60.8 Å². The molecular formula is C14H31N3O. The molecule has 0 unspecified atom stereocenters. The van der Waals surface area contributed by atoms with Gasteiger partial charge in [-0.3, -0.25) is 4.79 Å². The first kappa shape index (κ1) is 17.6. The number of hydrogen-bond donors (Lipinski definition) is 3. The molecule has 4 heteroatoms. The zero-order valence-corrected chi connectivity index (χ0v) is 12.9. The molecule has 0 bridgehead atoms. The van der Waals surface area contributed by atoms with Gasteiger partial charge in [-0.1, -0.05) is 0 Å². The third-order valence-electron chi connectivity index (χ3n) is 3.03. The first-order chi connectivity index (χ1) is 7.83. The number of carbonyl (C=O) groups is 1. The van der Waals surface area contributed by atoms with E-state index in [-0.39, 0.29) is 16.9 Å². The average Bonchev–Trinajstić information content (AvgIpc) is 2.10. The van der Waals surface area contributed by atoms with Gasteiger partial charge in [0.15, 0.2) is 5.78 Å². The Kier molecular flexibility index (Phi) is 5.98. The van der Waals surface area contributed by atoms with E-state index in [1.54, 1.807) is 0 Å². The Labute approximate surface area is 112 Å². The van der Waals surface area contributed by atoms with E-state index in [4.69, 9.17) is 11.5 Å². The smallest absolute Gasteiger partial charge is 0.152 e. The molecule has 18 heavy (non-hydrogen) atoms. The average molecular weight is 257 g/mol. The molecule has 0 aromatic heterocycles. The van der Waals surface area contributed by atoms with Crippen molar-refractivity contribution in [1.82, 2.24) is 5.32 Å². The minimum absolute atomic E-state index is 0.203. The number of Topliss-reactive ketones (excluding diaryl/α,β-unsaturated/α-hetero) is 1. The Hall–Kier alpha value is -0.450. The van der Waals surface area contributed by atoms with Gasteiger partial charge in [0.25, 0.3) is 0 Å². The van der Waals surface area contributed by atoms with Crippen LogP contribution in [0.4, 0.5) is 0 Å². The third-order valence-corrected chi connectivity index (χ3v) is 3.03. The van der Waals surface area contributed by atoms with Gasteiger partial charge in [-0.25, -0.2) is 0 Å². The summed E-state index contributed by atoms with van der Waals surface area (Å²) in [7, 11) is 0. The molecule has 0 fully saturated rings. The summed E-state index contributed by atoms with van der Waals surface area (Å²) in [5.41, 5.74) is 10.8. The van der Waals surface area contributed by atoms with E-state index in [1.165, 1.54) is 0 Å². The lowest BCUT2D eigenvalue weighted by atomic mass is 9.90. The van der Waals surface area contributed by atoms with Crippen LogP contribution < -0.4 is 16.8 Å². The number of carbonyl (C=O) groups excluding carboxylic acids is 1. The number of rotatable bonds is 8. The second-order valence-electron chi connectivity index (χ2n) is 7.20. The highest BCUT2D eigenvalue weighted by Gasteiger charge is 2.28. The monoisotopic (exact) mass is 257 g/mol. The molecule has 0 spiro atoms. The van der Waals surface area contributed by atoms with E-state index in [9.17, 15) is 4.79 Å². The summed E-state index contributed by atoms with van der Waals surface area (Å²) in [5, 5.41) is 3.28. The maximum absolute atomic E-state index is 12.1. The Balaban J connectivity index is 4.16. The summed E-state index contributed by atoms with van der Waals surface area (Å²) in [6, 6.07) is 0. The van der Waals surface area contributed by atoms with Gasteiger partial charge in [-0.15, -0.1) is 0 Å². The van der Waals surface area contributed by atoms with Crippen molar-refractivity contribution in [2.45, 2.75) is 77.4 Å². The summed E-state index contributed by atoms with van der Waals surface area (Å²) in [5.74, 6) is 0.204. The Morgan fingerprint density at radius 3 is 1.78 bits per heavy atom. The van der Waals surface area contributed by atoms with Crippen LogP contribution in [0.5, 0.6) is 0 Å². The number of hydrogen-bond acceptors (Lipinski definition) is 4. The molecule has 0 saturated carbocycles. The van der Waals surface area contributed by atoms with Crippen molar-refractivity contribution in [3.63, 3.8) is 0 Å². The van der Waals surface area contributed by atoms with E-state index < -0.39 is 5.54 Å². The minimum atomic E-state index is -0.503. The predicted molar refractivity (Wildman–Crippen MR) is 77.5 cm³/mol. The predicted octanol–water partition coefficient (Wildman–Crippen LogP) is 1.57. The zero-order valence-electron chi connectivity index (χ0n) is 12.9. The van der Waals surface area contributed by atoms with Crippen LogP contribution >= 0.6 is 0 Å². The van der Waals surface area contributed by atoms with Gasteiger partial charge in [0, 0.05) is 17.5 Å². The van der Waals surface area contributed by atoms with Crippen molar-refractivity contribution >= 4 is 5.78 Å². The number of nitrogens with two attached hydrogens (primary N) is 2. The van der Waals surface area contributed by atoms with Crippen molar-refractivity contribution in [1.29, 1.82) is 0 Å². The lowest BCUT2D eigenvalue weighted by molar-refractivity contribution is -0.124. The Bertz CT molecular complexity index is 272. The van der Waals surface area contributed by atoms with Gasteiger partial charge >= 0.3 is 0 Å². The van der Waals surface area contributed by atoms with Gasteiger partial charge in [-0.05, 0) is 60.9 Å². The zero-order chi connectivity index (χ0) is 14.6. The normalized spacial score (nSPS) is 13.8. The van der Waals surface area contributed by atoms with Crippen molar-refractivity contribution in [2.75, 3.05) is 6.54 Å². The Morgan fingerprint density at radius 1 is 0.944 bits per heavy atom. The molecule has 0 aliphatic rings. The molecule has 0 heterocycles. The van der Waals surface area contributed by atoms with Crippen molar-refractivity contribution in [3.05, 3.63) is 0 Å². The molecule has 4 nitrogen and oxygen atoms in total. The molecule has 0 amide bonds. The molecule has 0 saturated heterocycles. The fourth-order valence-electron chi connectivity index (χ4n) is 1.54. The van der Waals surface area contributed by atoms with E-state index in [2.05, 4.69) is 5.32 Å². The molecule has 0 aromatic carbocycles. The van der Waals surface area contributed by atoms with Crippen LogP contribution in [-0.2, 0) is 4.79 Å². The Morgan fingerprint density at radius 2 is 1.39 bits per heavy atom. The minimum Gasteiger partial charge on any atom is -0.326 e. The van der Waals surface area contributed by atoms with Gasteiger partial charge in [0.1, 0.15) is 0 Å². The fourth-order valence-corrected chi connectivity index (χ4v) is 1.54. The molecular weight excluding hydrogens is 226 g/mol. The maximum atomic E-state index is 12.1. The maximum Gasteiger partial charge on any atom is 0.152 e. The topological polar surface area (TPSA) is 81.1 Å². The van der Waals surface area contributed by atoms with Crippen LogP contribution in [0.15, 0.2) is 0 Å². The second kappa shape index (κ2) is 6.13. The lowest BCUT2D eigenvalue weighted by Crippen LogP contribution is -2.49. The molecule has 0 aliphatic carbocycles. The summed E-state index contributed by atoms with van der Waals surface area (Å²) in [4.78, 5) is 12.1. The number of nitrogens with one attached hydrogen (secondary N) is 1. The van der Waals surface area contributed by atoms with E-state index in [1.807, 2.05) is 41.5 Å². The van der Waals surface area contributed by atoms with Gasteiger partial charge < -0.3 is 16.8 Å². The molecule has 0 radical (unpaired) electrons. The summed E-state index contributed by atoms with van der Waals surface area (Å²) >= 11 is 0. The highest BCUT2D eigenvalue weighted by atomic mass is 16.1. The molecule has 108 valence electrons. The second-order valence-corrected chi connectivity index (χ2v) is 7.20. The van der Waals surface area contributed by atoms with E-state index in [0.717, 1.165) is 13.0 Å². The van der Waals surface area contributed by atoms with Crippen LogP contribution in [0.2, 0.25) is 0 Å². The van der Waals surface area contributed by atoms with Crippen molar-refractivity contribution in [3.8, 4) is 0 Å². The largest absolute Gasteiger partial charge is 0.326 e. The van der Waals surface area contributed by atoms with Crippen LogP contribution in [0.3, 0.4) is 0 Å². The van der Waals surface area contributed by atoms with E-state index >= 15 is 0 Å². The van der Waals surface area contributed by atoms with Gasteiger partial charge in [-0.2, -0.15) is 0 Å². The standard InChI is InChI=1S/C14H31N3O/c1-12(2,15)8-7-11(18)14(5,6)17-10-9-13(3,4)16/h17H,7-10,15-16H2,1-6H3. The molecule has 0 aromatic rings. The summed E-state index contributed by atoms with van der Waals surface area (Å²) < 4.78 is 0. The van der Waals surface area contributed by atoms with Crippen molar-refractivity contribution < 1.29 is 4.79 Å². The van der Waals surface area contributed by atoms with E-state index in [0.29, 0.717) is 12.8 Å². The first-order valence-electron chi connectivity index (χ1n) is 6.70. The fraction of sp³-hybridized carbons (Fsp3) is 0.929. The van der Waals surface area contributed by atoms with Crippen LogP contribution in [0.25, 0.3) is 0 Å². The first-order valence-corrected chi connectivity index (χ1v) is 6.70. The van der Waals surface area contributed by atoms with Gasteiger partial charge in [0.05, 0.1) is 5.54 Å². The van der Waals surface area contributed by atoms with Crippen LogP contribution in [0, 0.1) is 0 Å². The molecule has 0 rings (SSSR count). The van der Waals surface area contributed by atoms with Crippen molar-refractivity contribution in [2.24, 2.45) is 11.5 Å². The molecule has 0 aliphatic heterocycles. The number of ketones is 1. The highest BCUT2D eigenvalue weighted by molar-refractivity contribution is 5.87. The SMILES string of the molecule is CC(C)(N)CCNC(C)(C)C(=O)CCC(C)(C)N. The highest BCUT2D eigenvalue weighted by Crippen LogP contribution is 2.14. The third kappa shape index (κ3) is 8.61. The molecule has 5 N–H and O–H groups in total. The molecule has 0 atom stereocenters. The quantitative estimate of drug-likeness (QED) is 0.616. The lowest BCUT2D eigenvalue weighted by Gasteiger charge is -2.28. The summed E-state index contributed by atoms with van der Waals surface area (Å²) in [6.45, 7) is 12.4. The summed E-state index contributed by atoms with van der Waals surface area (Å²) in [6.07, 6.45) is 2.06. The van der Waals surface area contributed by atoms with Crippen LogP contribution in [-0.4, -0.2) is 28.9 Å². The van der Waals surface area contributed by atoms with Gasteiger partial charge in [0.2, 0.25) is 0 Å².